The fourth-order valence-corrected chi connectivity index (χ4v) is 4.24. The van der Waals surface area contributed by atoms with E-state index in [1.165, 1.54) is 37.0 Å². The van der Waals surface area contributed by atoms with Crippen molar-refractivity contribution in [3.05, 3.63) is 16.1 Å². The monoisotopic (exact) mass is 338 g/mol. The van der Waals surface area contributed by atoms with Crippen LogP contribution < -0.4 is 0 Å². The standard InChI is InChI=1S/C17H26N2O3S/c1-2-21-17(20)16-18-11-15(23-16)12-19-9-7-14(8-10-19)22-13-5-3-4-6-13/h11,13-14H,2-10,12H2,1H3. The molecule has 1 aliphatic heterocycles. The summed E-state index contributed by atoms with van der Waals surface area (Å²) < 4.78 is 11.2. The highest BCUT2D eigenvalue weighted by Crippen LogP contribution is 2.26. The fraction of sp³-hybridized carbons (Fsp3) is 0.765. The van der Waals surface area contributed by atoms with Gasteiger partial charge in [-0.1, -0.05) is 12.8 Å². The molecular weight excluding hydrogens is 312 g/mol. The first-order valence-electron chi connectivity index (χ1n) is 8.74. The molecule has 2 fully saturated rings. The van der Waals surface area contributed by atoms with Gasteiger partial charge in [0.15, 0.2) is 0 Å². The van der Waals surface area contributed by atoms with Crippen molar-refractivity contribution in [2.45, 2.75) is 64.2 Å². The van der Waals surface area contributed by atoms with Gasteiger partial charge in [-0.05, 0) is 32.6 Å². The fourth-order valence-electron chi connectivity index (χ4n) is 3.39. The van der Waals surface area contributed by atoms with Crippen molar-refractivity contribution in [2.75, 3.05) is 19.7 Å². The van der Waals surface area contributed by atoms with Gasteiger partial charge >= 0.3 is 5.97 Å². The van der Waals surface area contributed by atoms with Gasteiger partial charge in [0.25, 0.3) is 0 Å². The highest BCUT2D eigenvalue weighted by atomic mass is 32.1. The van der Waals surface area contributed by atoms with Crippen LogP contribution in [0.5, 0.6) is 0 Å². The predicted molar refractivity (Wildman–Crippen MR) is 89.7 cm³/mol. The van der Waals surface area contributed by atoms with E-state index < -0.39 is 0 Å². The number of likely N-dealkylation sites (tertiary alicyclic amines) is 1. The van der Waals surface area contributed by atoms with E-state index in [0.717, 1.165) is 37.4 Å². The lowest BCUT2D eigenvalue weighted by Crippen LogP contribution is -2.37. The highest BCUT2D eigenvalue weighted by Gasteiger charge is 2.25. The van der Waals surface area contributed by atoms with Gasteiger partial charge < -0.3 is 9.47 Å². The van der Waals surface area contributed by atoms with E-state index in [2.05, 4.69) is 9.88 Å². The van der Waals surface area contributed by atoms with E-state index in [1.54, 1.807) is 6.20 Å². The molecule has 2 heterocycles. The zero-order valence-electron chi connectivity index (χ0n) is 13.8. The zero-order valence-corrected chi connectivity index (χ0v) is 14.6. The molecule has 0 unspecified atom stereocenters. The average Bonchev–Trinajstić information content (AvgIpc) is 3.21. The number of thiazole rings is 1. The van der Waals surface area contributed by atoms with Crippen molar-refractivity contribution in [1.29, 1.82) is 0 Å². The summed E-state index contributed by atoms with van der Waals surface area (Å²) in [6.07, 6.45) is 10.1. The molecule has 1 aliphatic carbocycles. The van der Waals surface area contributed by atoms with E-state index >= 15 is 0 Å². The molecule has 1 aromatic rings. The SMILES string of the molecule is CCOC(=O)c1ncc(CN2CCC(OC3CCCC3)CC2)s1. The third kappa shape index (κ3) is 4.75. The molecule has 0 spiro atoms. The first-order valence-corrected chi connectivity index (χ1v) is 9.56. The van der Waals surface area contributed by atoms with Crippen LogP contribution in [0.3, 0.4) is 0 Å². The number of aromatic nitrogens is 1. The lowest BCUT2D eigenvalue weighted by molar-refractivity contribution is -0.0398. The van der Waals surface area contributed by atoms with Crippen LogP contribution in [0.4, 0.5) is 0 Å². The summed E-state index contributed by atoms with van der Waals surface area (Å²) >= 11 is 1.44. The molecule has 0 radical (unpaired) electrons. The number of rotatable bonds is 6. The topological polar surface area (TPSA) is 51.7 Å². The molecule has 1 saturated carbocycles. The first-order chi connectivity index (χ1) is 11.2. The molecule has 0 bridgehead atoms. The zero-order chi connectivity index (χ0) is 16.1. The Morgan fingerprint density at radius 2 is 1.96 bits per heavy atom. The van der Waals surface area contributed by atoms with Gasteiger partial charge in [0.2, 0.25) is 5.01 Å². The molecule has 0 N–H and O–H groups in total. The normalized spacial score (nSPS) is 20.9. The molecule has 0 atom stereocenters. The van der Waals surface area contributed by atoms with Crippen molar-refractivity contribution in [2.24, 2.45) is 0 Å². The highest BCUT2D eigenvalue weighted by molar-refractivity contribution is 7.13. The van der Waals surface area contributed by atoms with E-state index in [1.807, 2.05) is 6.92 Å². The summed E-state index contributed by atoms with van der Waals surface area (Å²) in [4.78, 5) is 19.4. The summed E-state index contributed by atoms with van der Waals surface area (Å²) in [5.41, 5.74) is 0. The predicted octanol–water partition coefficient (Wildman–Crippen LogP) is 3.24. The molecule has 6 heteroatoms. The van der Waals surface area contributed by atoms with Gasteiger partial charge in [-0.3, -0.25) is 4.90 Å². The van der Waals surface area contributed by atoms with Gasteiger partial charge in [0, 0.05) is 30.7 Å². The maximum Gasteiger partial charge on any atom is 0.367 e. The van der Waals surface area contributed by atoms with E-state index in [9.17, 15) is 4.79 Å². The van der Waals surface area contributed by atoms with Crippen LogP contribution >= 0.6 is 11.3 Å². The lowest BCUT2D eigenvalue weighted by Gasteiger charge is -2.32. The number of esters is 1. The Morgan fingerprint density at radius 1 is 1.26 bits per heavy atom. The Balaban J connectivity index is 1.42. The average molecular weight is 338 g/mol. The first kappa shape index (κ1) is 16.9. The van der Waals surface area contributed by atoms with Crippen LogP contribution in [0.15, 0.2) is 6.20 Å². The second-order valence-corrected chi connectivity index (χ2v) is 7.49. The van der Waals surface area contributed by atoms with Crippen LogP contribution in [0, 0.1) is 0 Å². The molecule has 1 saturated heterocycles. The minimum absolute atomic E-state index is 0.313. The van der Waals surface area contributed by atoms with Crippen LogP contribution in [0.1, 0.15) is 60.1 Å². The maximum absolute atomic E-state index is 11.7. The number of nitrogens with zero attached hydrogens (tertiary/aromatic N) is 2. The van der Waals surface area contributed by atoms with Crippen LogP contribution in [0.25, 0.3) is 0 Å². The molecule has 5 nitrogen and oxygen atoms in total. The Hall–Kier alpha value is -0.980. The molecule has 2 aliphatic rings. The number of piperidine rings is 1. The van der Waals surface area contributed by atoms with Crippen molar-refractivity contribution < 1.29 is 14.3 Å². The maximum atomic E-state index is 11.7. The van der Waals surface area contributed by atoms with Crippen molar-refractivity contribution in [3.8, 4) is 0 Å². The molecule has 128 valence electrons. The van der Waals surface area contributed by atoms with Gasteiger partial charge in [-0.15, -0.1) is 11.3 Å². The molecule has 0 aromatic carbocycles. The molecule has 3 rings (SSSR count). The minimum atomic E-state index is -0.313. The van der Waals surface area contributed by atoms with E-state index in [4.69, 9.17) is 9.47 Å². The van der Waals surface area contributed by atoms with Crippen molar-refractivity contribution >= 4 is 17.3 Å². The van der Waals surface area contributed by atoms with Crippen LogP contribution in [-0.4, -0.2) is 47.8 Å². The molecule has 1 aromatic heterocycles. The van der Waals surface area contributed by atoms with E-state index in [-0.39, 0.29) is 5.97 Å². The Labute approximate surface area is 142 Å². The van der Waals surface area contributed by atoms with Crippen molar-refractivity contribution in [3.63, 3.8) is 0 Å². The second kappa shape index (κ2) is 8.22. The third-order valence-electron chi connectivity index (χ3n) is 4.60. The van der Waals surface area contributed by atoms with Crippen molar-refractivity contribution in [1.82, 2.24) is 9.88 Å². The minimum Gasteiger partial charge on any atom is -0.461 e. The molecule has 0 amide bonds. The van der Waals surface area contributed by atoms with Gasteiger partial charge in [-0.2, -0.15) is 0 Å². The smallest absolute Gasteiger partial charge is 0.367 e. The summed E-state index contributed by atoms with van der Waals surface area (Å²) in [7, 11) is 0. The number of ether oxygens (including phenoxy) is 2. The largest absolute Gasteiger partial charge is 0.461 e. The van der Waals surface area contributed by atoms with Gasteiger partial charge in [-0.25, -0.2) is 9.78 Å². The molecular formula is C17H26N2O3S. The quantitative estimate of drug-likeness (QED) is 0.745. The second-order valence-electron chi connectivity index (χ2n) is 6.37. The number of carbonyl (C=O) groups excluding carboxylic acids is 1. The number of hydrogen-bond acceptors (Lipinski definition) is 6. The van der Waals surface area contributed by atoms with E-state index in [0.29, 0.717) is 23.8 Å². The third-order valence-corrected chi connectivity index (χ3v) is 5.57. The van der Waals surface area contributed by atoms with Gasteiger partial charge in [0.1, 0.15) is 0 Å². The summed E-state index contributed by atoms with van der Waals surface area (Å²) in [5.74, 6) is -0.313. The summed E-state index contributed by atoms with van der Waals surface area (Å²) in [5, 5.41) is 0.460. The van der Waals surface area contributed by atoms with Crippen LogP contribution in [-0.2, 0) is 16.0 Å². The number of carbonyl (C=O) groups is 1. The Bertz CT molecular complexity index is 506. The summed E-state index contributed by atoms with van der Waals surface area (Å²) in [6, 6.07) is 0. The lowest BCUT2D eigenvalue weighted by atomic mass is 10.1. The molecule has 23 heavy (non-hydrogen) atoms. The number of hydrogen-bond donors (Lipinski definition) is 0. The van der Waals surface area contributed by atoms with Crippen LogP contribution in [0.2, 0.25) is 0 Å². The van der Waals surface area contributed by atoms with Gasteiger partial charge in [0.05, 0.1) is 18.8 Å². The summed E-state index contributed by atoms with van der Waals surface area (Å²) in [6.45, 7) is 5.19. The Kier molecular flexibility index (Phi) is 6.02. The Morgan fingerprint density at radius 3 is 2.65 bits per heavy atom.